The molecular weight excluding hydrogens is 382 g/mol. The molecule has 1 aliphatic rings. The van der Waals surface area contributed by atoms with Crippen LogP contribution >= 0.6 is 0 Å². The van der Waals surface area contributed by atoms with Crippen molar-refractivity contribution >= 4 is 11.6 Å². The fourth-order valence-corrected chi connectivity index (χ4v) is 3.91. The maximum absolute atomic E-state index is 12.7. The summed E-state index contributed by atoms with van der Waals surface area (Å²) in [6.45, 7) is 1.90. The van der Waals surface area contributed by atoms with Gasteiger partial charge in [0.15, 0.2) is 11.5 Å². The second-order valence-corrected chi connectivity index (χ2v) is 7.73. The van der Waals surface area contributed by atoms with E-state index < -0.39 is 0 Å². The van der Waals surface area contributed by atoms with Gasteiger partial charge in [-0.15, -0.1) is 5.10 Å². The first-order valence-corrected chi connectivity index (χ1v) is 10.3. The molecule has 30 heavy (non-hydrogen) atoms. The van der Waals surface area contributed by atoms with E-state index in [1.807, 2.05) is 37.3 Å². The monoisotopic (exact) mass is 409 g/mol. The smallest absolute Gasteiger partial charge is 0.223 e. The molecule has 158 valence electrons. The Balaban J connectivity index is 1.48. The van der Waals surface area contributed by atoms with E-state index in [9.17, 15) is 4.79 Å². The Morgan fingerprint density at radius 2 is 2.03 bits per heavy atom. The molecule has 1 amide bonds. The first-order valence-electron chi connectivity index (χ1n) is 10.3. The molecule has 0 aliphatic heterocycles. The van der Waals surface area contributed by atoms with Crippen LogP contribution in [0.4, 0.5) is 0 Å². The summed E-state index contributed by atoms with van der Waals surface area (Å²) in [5, 5.41) is 7.55. The number of hydrogen-bond acceptors (Lipinski definition) is 6. The zero-order chi connectivity index (χ0) is 21.1. The molecule has 0 bridgehead atoms. The fourth-order valence-electron chi connectivity index (χ4n) is 3.91. The van der Waals surface area contributed by atoms with E-state index in [-0.39, 0.29) is 24.0 Å². The van der Waals surface area contributed by atoms with Crippen LogP contribution in [0, 0.1) is 5.92 Å². The Kier molecular flexibility index (Phi) is 5.94. The van der Waals surface area contributed by atoms with Gasteiger partial charge in [-0.1, -0.05) is 6.42 Å². The topological polar surface area (TPSA) is 90.6 Å². The number of rotatable bonds is 6. The minimum atomic E-state index is -0.287. The molecule has 3 aromatic rings. The second-order valence-electron chi connectivity index (χ2n) is 7.73. The van der Waals surface area contributed by atoms with Crippen LogP contribution in [0.5, 0.6) is 5.75 Å². The van der Waals surface area contributed by atoms with Crippen LogP contribution in [0.3, 0.4) is 0 Å². The van der Waals surface area contributed by atoms with Gasteiger partial charge in [0.25, 0.3) is 0 Å². The van der Waals surface area contributed by atoms with Crippen LogP contribution in [-0.2, 0) is 9.53 Å². The summed E-state index contributed by atoms with van der Waals surface area (Å²) < 4.78 is 12.3. The highest BCUT2D eigenvalue weighted by Crippen LogP contribution is 2.27. The Morgan fingerprint density at radius 1 is 1.23 bits per heavy atom. The third-order valence-corrected chi connectivity index (χ3v) is 5.71. The number of aromatic nitrogens is 4. The average Bonchev–Trinajstić information content (AvgIpc) is 3.23. The molecule has 0 radical (unpaired) electrons. The average molecular weight is 409 g/mol. The summed E-state index contributed by atoms with van der Waals surface area (Å²) in [5.74, 6) is 1.38. The van der Waals surface area contributed by atoms with Crippen molar-refractivity contribution in [3.63, 3.8) is 0 Å². The van der Waals surface area contributed by atoms with Crippen LogP contribution in [0.25, 0.3) is 16.9 Å². The Hall–Kier alpha value is -3.00. The van der Waals surface area contributed by atoms with Gasteiger partial charge in [-0.25, -0.2) is 14.5 Å². The number of fused-ring (bicyclic) bond motifs is 1. The van der Waals surface area contributed by atoms with E-state index in [0.717, 1.165) is 42.7 Å². The lowest BCUT2D eigenvalue weighted by atomic mass is 9.86. The van der Waals surface area contributed by atoms with Crippen molar-refractivity contribution in [1.29, 1.82) is 0 Å². The molecule has 0 unspecified atom stereocenters. The number of methoxy groups -OCH3 is 2. The summed E-state index contributed by atoms with van der Waals surface area (Å²) in [7, 11) is 3.35. The van der Waals surface area contributed by atoms with Gasteiger partial charge in [-0.05, 0) is 50.5 Å². The summed E-state index contributed by atoms with van der Waals surface area (Å²) in [6, 6.07) is 9.30. The quantitative estimate of drug-likeness (QED) is 0.672. The van der Waals surface area contributed by atoms with Crippen LogP contribution in [0.15, 0.2) is 36.7 Å². The number of ether oxygens (including phenoxy) is 2. The second kappa shape index (κ2) is 8.79. The number of amides is 1. The highest BCUT2D eigenvalue weighted by Gasteiger charge is 2.28. The lowest BCUT2D eigenvalue weighted by Crippen LogP contribution is -2.37. The van der Waals surface area contributed by atoms with E-state index in [1.165, 1.54) is 0 Å². The van der Waals surface area contributed by atoms with Gasteiger partial charge in [0.1, 0.15) is 12.1 Å². The standard InChI is InChI=1S/C22H27N5O3/c1-14(24-22(28)16-5-4-6-18(11-16)30-3)21-25-20-12-19(23-13-27(20)26-21)15-7-9-17(29-2)10-8-15/h7-10,12-14,16,18H,4-6,11H2,1-3H3,(H,24,28)/t14-,16-,18+/m0/s1. The number of hydrogen-bond donors (Lipinski definition) is 1. The number of nitrogens with zero attached hydrogens (tertiary/aromatic N) is 4. The van der Waals surface area contributed by atoms with E-state index in [4.69, 9.17) is 9.47 Å². The fraction of sp³-hybridized carbons (Fsp3) is 0.455. The van der Waals surface area contributed by atoms with Crippen LogP contribution < -0.4 is 10.1 Å². The highest BCUT2D eigenvalue weighted by atomic mass is 16.5. The molecule has 2 aromatic heterocycles. The number of carbonyl (C=O) groups is 1. The molecular formula is C22H27N5O3. The third-order valence-electron chi connectivity index (χ3n) is 5.71. The van der Waals surface area contributed by atoms with Gasteiger partial charge in [-0.2, -0.15) is 0 Å². The Labute approximate surface area is 175 Å². The SMILES string of the molecule is COc1ccc(-c2cc3nc([C@H](C)NC(=O)[C@H]4CCC[C@@H](OC)C4)nn3cn2)cc1. The molecule has 1 aliphatic carbocycles. The van der Waals surface area contributed by atoms with Crippen molar-refractivity contribution in [3.05, 3.63) is 42.5 Å². The van der Waals surface area contributed by atoms with E-state index in [1.54, 1.807) is 25.1 Å². The number of benzene rings is 1. The molecule has 4 rings (SSSR count). The summed E-state index contributed by atoms with van der Waals surface area (Å²) in [5.41, 5.74) is 2.45. The van der Waals surface area contributed by atoms with Crippen LogP contribution in [-0.4, -0.2) is 45.8 Å². The molecule has 1 fully saturated rings. The van der Waals surface area contributed by atoms with Gasteiger partial charge in [0.05, 0.1) is 24.9 Å². The molecule has 1 N–H and O–H groups in total. The largest absolute Gasteiger partial charge is 0.497 e. The Morgan fingerprint density at radius 3 is 2.77 bits per heavy atom. The minimum absolute atomic E-state index is 0.0217. The van der Waals surface area contributed by atoms with Crippen LogP contribution in [0.2, 0.25) is 0 Å². The van der Waals surface area contributed by atoms with Gasteiger partial charge in [0, 0.05) is 24.7 Å². The minimum Gasteiger partial charge on any atom is -0.497 e. The Bertz CT molecular complexity index is 1020. The first kappa shape index (κ1) is 20.3. The summed E-state index contributed by atoms with van der Waals surface area (Å²) in [4.78, 5) is 21.8. The number of nitrogens with one attached hydrogen (secondary N) is 1. The van der Waals surface area contributed by atoms with Crippen molar-refractivity contribution in [2.24, 2.45) is 5.92 Å². The van der Waals surface area contributed by atoms with Crippen LogP contribution in [0.1, 0.15) is 44.5 Å². The molecule has 8 heteroatoms. The van der Waals surface area contributed by atoms with Crippen molar-refractivity contribution in [1.82, 2.24) is 24.9 Å². The van der Waals surface area contributed by atoms with Gasteiger partial charge < -0.3 is 14.8 Å². The van der Waals surface area contributed by atoms with E-state index in [2.05, 4.69) is 20.4 Å². The van der Waals surface area contributed by atoms with E-state index in [0.29, 0.717) is 11.5 Å². The van der Waals surface area contributed by atoms with Crippen molar-refractivity contribution in [2.75, 3.05) is 14.2 Å². The molecule has 1 aromatic carbocycles. The number of carbonyl (C=O) groups excluding carboxylic acids is 1. The van der Waals surface area contributed by atoms with Gasteiger partial charge in [0.2, 0.25) is 5.91 Å². The zero-order valence-corrected chi connectivity index (χ0v) is 17.5. The predicted octanol–water partition coefficient (Wildman–Crippen LogP) is 3.18. The molecule has 8 nitrogen and oxygen atoms in total. The van der Waals surface area contributed by atoms with E-state index >= 15 is 0 Å². The molecule has 0 saturated heterocycles. The lowest BCUT2D eigenvalue weighted by molar-refractivity contribution is -0.128. The third kappa shape index (κ3) is 4.28. The predicted molar refractivity (Wildman–Crippen MR) is 112 cm³/mol. The lowest BCUT2D eigenvalue weighted by Gasteiger charge is -2.28. The van der Waals surface area contributed by atoms with Gasteiger partial charge in [-0.3, -0.25) is 4.79 Å². The molecule has 0 spiro atoms. The zero-order valence-electron chi connectivity index (χ0n) is 17.5. The molecule has 3 atom stereocenters. The van der Waals surface area contributed by atoms with Crippen molar-refractivity contribution < 1.29 is 14.3 Å². The normalized spacial score (nSPS) is 20.1. The maximum atomic E-state index is 12.7. The van der Waals surface area contributed by atoms with Crippen molar-refractivity contribution in [3.8, 4) is 17.0 Å². The van der Waals surface area contributed by atoms with Gasteiger partial charge >= 0.3 is 0 Å². The molecule has 2 heterocycles. The first-order chi connectivity index (χ1) is 14.6. The maximum Gasteiger partial charge on any atom is 0.223 e. The summed E-state index contributed by atoms with van der Waals surface area (Å²) >= 11 is 0. The van der Waals surface area contributed by atoms with Crippen molar-refractivity contribution in [2.45, 2.75) is 44.8 Å². The molecule has 1 saturated carbocycles. The summed E-state index contributed by atoms with van der Waals surface area (Å²) in [6.07, 6.45) is 5.50. The highest BCUT2D eigenvalue weighted by molar-refractivity contribution is 5.79.